The van der Waals surface area contributed by atoms with Crippen molar-refractivity contribution in [1.29, 1.82) is 5.26 Å². The van der Waals surface area contributed by atoms with Crippen molar-refractivity contribution in [1.82, 2.24) is 0 Å². The summed E-state index contributed by atoms with van der Waals surface area (Å²) < 4.78 is 45.2. The number of hydrogen-bond acceptors (Lipinski definition) is 7. The van der Waals surface area contributed by atoms with E-state index in [-0.39, 0.29) is 17.9 Å². The number of halogens is 2. The number of anilines is 2. The summed E-state index contributed by atoms with van der Waals surface area (Å²) in [5, 5.41) is 8.54. The Morgan fingerprint density at radius 2 is 1.55 bits per heavy atom. The molecular formula is C33H37F2N3O4. The van der Waals surface area contributed by atoms with Crippen LogP contribution in [0.1, 0.15) is 61.6 Å². The Morgan fingerprint density at radius 3 is 2.26 bits per heavy atom. The van der Waals surface area contributed by atoms with Crippen LogP contribution in [0.3, 0.4) is 0 Å². The van der Waals surface area contributed by atoms with Crippen molar-refractivity contribution in [2.24, 2.45) is 0 Å². The average Bonchev–Trinajstić information content (AvgIpc) is 2.97. The minimum Gasteiger partial charge on any atom is -0.494 e. The van der Waals surface area contributed by atoms with Gasteiger partial charge in [0.25, 0.3) is 0 Å². The van der Waals surface area contributed by atoms with Crippen LogP contribution >= 0.6 is 0 Å². The standard InChI is InChI=1S/C33H37F2N3O4/c34-33(35,27-13-18-29(19-14-27)40-22-6-3-1-2-5-21-36)42-30-16-9-25(10-17-30)11-20-32(39)41-23-7-4-8-26-12-15-28(37)24-31(26)38/h9-20,24H,1-8,22-23,37-38H2/b20-11+. The first-order valence-electron chi connectivity index (χ1n) is 14.0. The quantitative estimate of drug-likeness (QED) is 0.0741. The second-order valence-corrected chi connectivity index (χ2v) is 9.80. The molecule has 222 valence electrons. The zero-order valence-corrected chi connectivity index (χ0v) is 23.6. The van der Waals surface area contributed by atoms with Crippen LogP contribution in [-0.4, -0.2) is 19.2 Å². The first-order chi connectivity index (χ1) is 20.3. The van der Waals surface area contributed by atoms with E-state index in [1.54, 1.807) is 30.3 Å². The summed E-state index contributed by atoms with van der Waals surface area (Å²) in [5.74, 6) is -0.000309. The van der Waals surface area contributed by atoms with E-state index in [4.69, 9.17) is 30.9 Å². The third-order valence-electron chi connectivity index (χ3n) is 6.43. The molecule has 0 spiro atoms. The van der Waals surface area contributed by atoms with Gasteiger partial charge in [-0.2, -0.15) is 14.0 Å². The highest BCUT2D eigenvalue weighted by molar-refractivity contribution is 5.87. The number of nitriles is 1. The fourth-order valence-electron chi connectivity index (χ4n) is 4.09. The van der Waals surface area contributed by atoms with Crippen molar-refractivity contribution in [3.63, 3.8) is 0 Å². The molecule has 0 aromatic heterocycles. The molecule has 0 unspecified atom stereocenters. The molecule has 0 fully saturated rings. The molecule has 0 bridgehead atoms. The van der Waals surface area contributed by atoms with Gasteiger partial charge in [-0.15, -0.1) is 0 Å². The van der Waals surface area contributed by atoms with Crippen molar-refractivity contribution in [3.8, 4) is 17.6 Å². The number of rotatable bonds is 17. The van der Waals surface area contributed by atoms with Crippen molar-refractivity contribution in [2.75, 3.05) is 24.7 Å². The Morgan fingerprint density at radius 1 is 0.857 bits per heavy atom. The van der Waals surface area contributed by atoms with Gasteiger partial charge in [-0.25, -0.2) is 4.79 Å². The SMILES string of the molecule is N#CCCCCCCOc1ccc(C(F)(F)Oc2ccc(/C=C/C(=O)OCCCCc3ccc(N)cc3N)cc2)cc1. The number of nitrogens with two attached hydrogens (primary N) is 2. The summed E-state index contributed by atoms with van der Waals surface area (Å²) in [7, 11) is 0. The lowest BCUT2D eigenvalue weighted by molar-refractivity contribution is -0.185. The molecule has 42 heavy (non-hydrogen) atoms. The maximum atomic E-state index is 14.7. The van der Waals surface area contributed by atoms with Crippen molar-refractivity contribution >= 4 is 23.4 Å². The fraction of sp³-hybridized carbons (Fsp3) is 0.333. The Kier molecular flexibility index (Phi) is 12.6. The van der Waals surface area contributed by atoms with E-state index < -0.39 is 12.1 Å². The molecule has 0 aliphatic heterocycles. The Bertz CT molecular complexity index is 1340. The zero-order valence-electron chi connectivity index (χ0n) is 23.6. The number of alkyl halides is 2. The topological polar surface area (TPSA) is 121 Å². The molecule has 0 saturated heterocycles. The smallest absolute Gasteiger partial charge is 0.426 e. The maximum Gasteiger partial charge on any atom is 0.426 e. The number of ether oxygens (including phenoxy) is 3. The number of hydrogen-bond donors (Lipinski definition) is 2. The third kappa shape index (κ3) is 11.1. The minimum absolute atomic E-state index is 0.0156. The van der Waals surface area contributed by atoms with Crippen molar-refractivity contribution < 1.29 is 27.8 Å². The van der Waals surface area contributed by atoms with Gasteiger partial charge < -0.3 is 25.7 Å². The molecule has 3 rings (SSSR count). The number of nitrogen functional groups attached to an aromatic ring is 2. The zero-order chi connectivity index (χ0) is 30.2. The van der Waals surface area contributed by atoms with Gasteiger partial charge in [0.15, 0.2) is 0 Å². The van der Waals surface area contributed by atoms with Crippen LogP contribution in [-0.2, 0) is 22.1 Å². The summed E-state index contributed by atoms with van der Waals surface area (Å²) in [5.41, 5.74) is 14.3. The average molecular weight is 578 g/mol. The Hall–Kier alpha value is -4.58. The number of unbranched alkanes of at least 4 members (excludes halogenated alkanes) is 5. The van der Waals surface area contributed by atoms with E-state index in [1.165, 1.54) is 42.5 Å². The lowest BCUT2D eigenvalue weighted by atomic mass is 10.1. The second-order valence-electron chi connectivity index (χ2n) is 9.80. The molecule has 0 amide bonds. The lowest BCUT2D eigenvalue weighted by Gasteiger charge is -2.18. The predicted octanol–water partition coefficient (Wildman–Crippen LogP) is 7.41. The molecule has 0 aliphatic rings. The van der Waals surface area contributed by atoms with Crippen LogP contribution in [0.25, 0.3) is 6.08 Å². The third-order valence-corrected chi connectivity index (χ3v) is 6.43. The van der Waals surface area contributed by atoms with Crippen LogP contribution in [0.5, 0.6) is 11.5 Å². The Balaban J connectivity index is 1.37. The van der Waals surface area contributed by atoms with Gasteiger partial charge in [0.05, 0.1) is 24.8 Å². The van der Waals surface area contributed by atoms with Gasteiger partial charge in [0, 0.05) is 23.9 Å². The van der Waals surface area contributed by atoms with Gasteiger partial charge in [-0.3, -0.25) is 0 Å². The van der Waals surface area contributed by atoms with E-state index in [0.717, 1.165) is 44.1 Å². The molecule has 0 aliphatic carbocycles. The summed E-state index contributed by atoms with van der Waals surface area (Å²) in [6.45, 7) is 0.760. The molecule has 7 nitrogen and oxygen atoms in total. The van der Waals surface area contributed by atoms with Crippen molar-refractivity contribution in [3.05, 3.63) is 89.5 Å². The number of esters is 1. The van der Waals surface area contributed by atoms with E-state index in [9.17, 15) is 13.6 Å². The number of carbonyl (C=O) groups is 1. The molecule has 0 heterocycles. The number of benzene rings is 3. The fourth-order valence-corrected chi connectivity index (χ4v) is 4.09. The summed E-state index contributed by atoms with van der Waals surface area (Å²) in [6.07, 6.45) is 5.73. The molecule has 0 radical (unpaired) electrons. The van der Waals surface area contributed by atoms with E-state index in [1.807, 2.05) is 6.07 Å². The van der Waals surface area contributed by atoms with Gasteiger partial charge in [0.2, 0.25) is 0 Å². The molecule has 3 aromatic carbocycles. The molecular weight excluding hydrogens is 540 g/mol. The summed E-state index contributed by atoms with van der Waals surface area (Å²) in [4.78, 5) is 12.0. The van der Waals surface area contributed by atoms with Crippen LogP contribution in [0.15, 0.2) is 72.8 Å². The number of nitrogens with zero attached hydrogens (tertiary/aromatic N) is 1. The van der Waals surface area contributed by atoms with Gasteiger partial charge in [0.1, 0.15) is 11.5 Å². The highest BCUT2D eigenvalue weighted by atomic mass is 19.3. The van der Waals surface area contributed by atoms with Gasteiger partial charge in [-0.05, 0) is 97.8 Å². The van der Waals surface area contributed by atoms with E-state index in [0.29, 0.717) is 42.1 Å². The molecule has 0 saturated carbocycles. The first-order valence-corrected chi connectivity index (χ1v) is 14.0. The Labute approximate surface area is 245 Å². The summed E-state index contributed by atoms with van der Waals surface area (Å²) >= 11 is 0. The lowest BCUT2D eigenvalue weighted by Crippen LogP contribution is -2.21. The van der Waals surface area contributed by atoms with Crippen molar-refractivity contribution in [2.45, 2.75) is 57.5 Å². The number of carbonyl (C=O) groups excluding carboxylic acids is 1. The maximum absolute atomic E-state index is 14.7. The van der Waals surface area contributed by atoms with Gasteiger partial charge in [-0.1, -0.05) is 31.0 Å². The monoisotopic (exact) mass is 577 g/mol. The van der Waals surface area contributed by atoms with Crippen LogP contribution in [0.2, 0.25) is 0 Å². The van der Waals surface area contributed by atoms with Crippen LogP contribution < -0.4 is 20.9 Å². The van der Waals surface area contributed by atoms with E-state index >= 15 is 0 Å². The van der Waals surface area contributed by atoms with Gasteiger partial charge >= 0.3 is 12.1 Å². The highest BCUT2D eigenvalue weighted by Gasteiger charge is 2.34. The molecule has 4 N–H and O–H groups in total. The number of aryl methyl sites for hydroxylation is 1. The normalized spacial score (nSPS) is 11.3. The van der Waals surface area contributed by atoms with Crippen LogP contribution in [0, 0.1) is 11.3 Å². The molecule has 9 heteroatoms. The van der Waals surface area contributed by atoms with E-state index in [2.05, 4.69) is 6.07 Å². The highest BCUT2D eigenvalue weighted by Crippen LogP contribution is 2.32. The predicted molar refractivity (Wildman–Crippen MR) is 160 cm³/mol. The second kappa shape index (κ2) is 16.6. The molecule has 3 aromatic rings. The summed E-state index contributed by atoms with van der Waals surface area (Å²) in [6, 6.07) is 19.1. The first kappa shape index (κ1) is 31.9. The minimum atomic E-state index is -3.54. The molecule has 0 atom stereocenters. The largest absolute Gasteiger partial charge is 0.494 e. The van der Waals surface area contributed by atoms with Crippen LogP contribution in [0.4, 0.5) is 20.2 Å².